The van der Waals surface area contributed by atoms with Gasteiger partial charge in [0.05, 0.1) is 10.0 Å². The maximum Gasteiger partial charge on any atom is 0.256 e. The number of carbonyl (C=O) groups excluding carboxylic acids is 1. The first-order chi connectivity index (χ1) is 11.8. The molecule has 130 valence electrons. The molecule has 0 spiro atoms. The summed E-state index contributed by atoms with van der Waals surface area (Å²) in [5.41, 5.74) is 0.815. The van der Waals surface area contributed by atoms with Crippen LogP contribution in [-0.2, 0) is 5.72 Å². The molecule has 1 unspecified atom stereocenters. The summed E-state index contributed by atoms with van der Waals surface area (Å²) < 4.78 is 0.816. The molecule has 0 saturated heterocycles. The molecule has 0 bridgehead atoms. The molecule has 0 saturated carbocycles. The number of amides is 1. The van der Waals surface area contributed by atoms with E-state index in [-0.39, 0.29) is 5.91 Å². The van der Waals surface area contributed by atoms with Crippen molar-refractivity contribution in [1.82, 2.24) is 4.90 Å². The number of hydrogen-bond donors (Lipinski definition) is 1. The van der Waals surface area contributed by atoms with Crippen molar-refractivity contribution >= 4 is 51.1 Å². The molecule has 1 atom stereocenters. The number of aliphatic hydroxyl groups is 1. The van der Waals surface area contributed by atoms with Crippen LogP contribution >= 0.6 is 39.1 Å². The van der Waals surface area contributed by atoms with Crippen molar-refractivity contribution in [2.24, 2.45) is 0 Å². The summed E-state index contributed by atoms with van der Waals surface area (Å²) in [5, 5.41) is 12.1. The molecule has 3 rings (SSSR count). The highest BCUT2D eigenvalue weighted by atomic mass is 79.9. The number of benzene rings is 2. The standard InChI is InChI=1S/C19H16BrCl2NO2/c1-23-18(24)14-11-13(20)6-7-15(14)19(23,25)9-3-2-4-12-5-8-16(21)17(22)10-12/h2,4-8,10-11,25H,3,9H2,1H3. The zero-order chi connectivity index (χ0) is 18.2. The van der Waals surface area contributed by atoms with Crippen LogP contribution in [0, 0.1) is 0 Å². The van der Waals surface area contributed by atoms with E-state index >= 15 is 0 Å². The molecule has 0 aliphatic carbocycles. The van der Waals surface area contributed by atoms with Gasteiger partial charge in [0.15, 0.2) is 5.72 Å². The second-order valence-electron chi connectivity index (χ2n) is 5.99. The zero-order valence-corrected chi connectivity index (χ0v) is 16.6. The van der Waals surface area contributed by atoms with E-state index in [2.05, 4.69) is 15.9 Å². The van der Waals surface area contributed by atoms with Gasteiger partial charge in [0.2, 0.25) is 0 Å². The summed E-state index contributed by atoms with van der Waals surface area (Å²) in [6, 6.07) is 10.8. The number of carbonyl (C=O) groups is 1. The second-order valence-corrected chi connectivity index (χ2v) is 7.72. The van der Waals surface area contributed by atoms with E-state index in [9.17, 15) is 9.90 Å². The molecule has 2 aromatic rings. The summed E-state index contributed by atoms with van der Waals surface area (Å²) in [4.78, 5) is 13.8. The van der Waals surface area contributed by atoms with Gasteiger partial charge in [-0.3, -0.25) is 4.79 Å². The van der Waals surface area contributed by atoms with Crippen molar-refractivity contribution in [2.75, 3.05) is 7.05 Å². The van der Waals surface area contributed by atoms with Crippen LogP contribution < -0.4 is 0 Å². The van der Waals surface area contributed by atoms with E-state index in [1.807, 2.05) is 24.3 Å². The van der Waals surface area contributed by atoms with Crippen molar-refractivity contribution < 1.29 is 9.90 Å². The summed E-state index contributed by atoms with van der Waals surface area (Å²) in [6.07, 6.45) is 4.88. The fraction of sp³-hybridized carbons (Fsp3) is 0.211. The fourth-order valence-corrected chi connectivity index (χ4v) is 3.66. The zero-order valence-electron chi connectivity index (χ0n) is 13.5. The SMILES string of the molecule is CN1C(=O)c2cc(Br)ccc2C1(O)CCC=Cc1ccc(Cl)c(Cl)c1. The topological polar surface area (TPSA) is 40.5 Å². The van der Waals surface area contributed by atoms with Crippen LogP contribution in [0.15, 0.2) is 46.9 Å². The van der Waals surface area contributed by atoms with Crippen LogP contribution in [0.5, 0.6) is 0 Å². The first-order valence-electron chi connectivity index (χ1n) is 7.75. The van der Waals surface area contributed by atoms with Crippen LogP contribution in [0.25, 0.3) is 6.08 Å². The Morgan fingerprint density at radius 1 is 1.20 bits per heavy atom. The third-order valence-electron chi connectivity index (χ3n) is 4.42. The summed E-state index contributed by atoms with van der Waals surface area (Å²) in [5.74, 6) is -0.174. The summed E-state index contributed by atoms with van der Waals surface area (Å²) in [6.45, 7) is 0. The van der Waals surface area contributed by atoms with Gasteiger partial charge >= 0.3 is 0 Å². The largest absolute Gasteiger partial charge is 0.367 e. The maximum atomic E-state index is 12.4. The normalized spacial score (nSPS) is 19.7. The number of hydrogen-bond acceptors (Lipinski definition) is 2. The average Bonchev–Trinajstić information content (AvgIpc) is 2.76. The van der Waals surface area contributed by atoms with E-state index in [1.165, 1.54) is 4.90 Å². The Morgan fingerprint density at radius 2 is 1.96 bits per heavy atom. The van der Waals surface area contributed by atoms with Gasteiger partial charge in [-0.05, 0) is 36.2 Å². The Kier molecular flexibility index (Phi) is 5.26. The maximum absolute atomic E-state index is 12.4. The smallest absolute Gasteiger partial charge is 0.256 e. The van der Waals surface area contributed by atoms with Crippen LogP contribution in [0.2, 0.25) is 10.0 Å². The second kappa shape index (κ2) is 7.12. The minimum atomic E-state index is -1.30. The first kappa shape index (κ1) is 18.5. The van der Waals surface area contributed by atoms with Gasteiger partial charge in [-0.2, -0.15) is 0 Å². The molecule has 6 heteroatoms. The minimum absolute atomic E-state index is 0.174. The molecule has 1 aliphatic heterocycles. The molecule has 1 heterocycles. The Hall–Kier alpha value is -1.33. The molecule has 2 aromatic carbocycles. The highest BCUT2D eigenvalue weighted by Crippen LogP contribution is 2.40. The molecular formula is C19H16BrCl2NO2. The van der Waals surface area contributed by atoms with Crippen LogP contribution in [0.1, 0.15) is 34.3 Å². The molecule has 0 radical (unpaired) electrons. The molecular weight excluding hydrogens is 425 g/mol. The van der Waals surface area contributed by atoms with Gasteiger partial charge in [0.1, 0.15) is 0 Å². The molecule has 1 N–H and O–H groups in total. The van der Waals surface area contributed by atoms with Crippen molar-refractivity contribution in [3.05, 3.63) is 73.7 Å². The lowest BCUT2D eigenvalue weighted by atomic mass is 9.96. The molecule has 3 nitrogen and oxygen atoms in total. The van der Waals surface area contributed by atoms with Crippen LogP contribution in [-0.4, -0.2) is 23.0 Å². The number of fused-ring (bicyclic) bond motifs is 1. The highest BCUT2D eigenvalue weighted by molar-refractivity contribution is 9.10. The van der Waals surface area contributed by atoms with E-state index in [0.717, 1.165) is 10.0 Å². The quantitative estimate of drug-likeness (QED) is 0.683. The molecule has 0 aromatic heterocycles. The third kappa shape index (κ3) is 3.49. The lowest BCUT2D eigenvalue weighted by molar-refractivity contribution is -0.0776. The molecule has 0 fully saturated rings. The van der Waals surface area contributed by atoms with E-state index in [4.69, 9.17) is 23.2 Å². The van der Waals surface area contributed by atoms with Crippen molar-refractivity contribution in [1.29, 1.82) is 0 Å². The molecule has 1 aliphatic rings. The average molecular weight is 441 g/mol. The van der Waals surface area contributed by atoms with Crippen molar-refractivity contribution in [3.8, 4) is 0 Å². The van der Waals surface area contributed by atoms with Gasteiger partial charge < -0.3 is 10.0 Å². The Balaban J connectivity index is 1.75. The lowest BCUT2D eigenvalue weighted by Gasteiger charge is -2.31. The number of rotatable bonds is 4. The summed E-state index contributed by atoms with van der Waals surface area (Å²) in [7, 11) is 1.62. The Morgan fingerprint density at radius 3 is 2.68 bits per heavy atom. The van der Waals surface area contributed by atoms with Gasteiger partial charge in [-0.15, -0.1) is 0 Å². The van der Waals surface area contributed by atoms with Gasteiger partial charge in [-0.1, -0.05) is 63.4 Å². The third-order valence-corrected chi connectivity index (χ3v) is 5.65. The van der Waals surface area contributed by atoms with E-state index in [0.29, 0.717) is 34.0 Å². The van der Waals surface area contributed by atoms with Gasteiger partial charge in [0, 0.05) is 29.1 Å². The number of allylic oxidation sites excluding steroid dienone is 1. The monoisotopic (exact) mass is 439 g/mol. The molecule has 25 heavy (non-hydrogen) atoms. The van der Waals surface area contributed by atoms with Crippen molar-refractivity contribution in [3.63, 3.8) is 0 Å². The van der Waals surface area contributed by atoms with E-state index in [1.54, 1.807) is 31.3 Å². The Labute approximate surface area is 165 Å². The summed E-state index contributed by atoms with van der Waals surface area (Å²) >= 11 is 15.3. The predicted molar refractivity (Wildman–Crippen MR) is 105 cm³/mol. The fourth-order valence-electron chi connectivity index (χ4n) is 2.99. The van der Waals surface area contributed by atoms with Crippen LogP contribution in [0.4, 0.5) is 0 Å². The van der Waals surface area contributed by atoms with Crippen molar-refractivity contribution in [2.45, 2.75) is 18.6 Å². The van der Waals surface area contributed by atoms with Gasteiger partial charge in [0.25, 0.3) is 5.91 Å². The highest BCUT2D eigenvalue weighted by Gasteiger charge is 2.45. The van der Waals surface area contributed by atoms with Crippen LogP contribution in [0.3, 0.4) is 0 Å². The lowest BCUT2D eigenvalue weighted by Crippen LogP contribution is -2.40. The predicted octanol–water partition coefficient (Wildman–Crippen LogP) is 5.48. The minimum Gasteiger partial charge on any atom is -0.367 e. The van der Waals surface area contributed by atoms with Gasteiger partial charge in [-0.25, -0.2) is 0 Å². The number of halogens is 3. The molecule has 1 amide bonds. The Bertz CT molecular complexity index is 868. The first-order valence-corrected chi connectivity index (χ1v) is 9.30. The number of nitrogens with zero attached hydrogens (tertiary/aromatic N) is 1. The van der Waals surface area contributed by atoms with E-state index < -0.39 is 5.72 Å².